The molecule has 2 aromatic carbocycles. The molecule has 0 saturated heterocycles. The number of benzene rings is 2. The van der Waals surface area contributed by atoms with Gasteiger partial charge in [-0.15, -0.1) is 9.78 Å². The van der Waals surface area contributed by atoms with E-state index in [0.29, 0.717) is 30.4 Å². The van der Waals surface area contributed by atoms with Crippen molar-refractivity contribution in [2.24, 2.45) is 0 Å². The van der Waals surface area contributed by atoms with E-state index in [4.69, 9.17) is 38.6 Å². The summed E-state index contributed by atoms with van der Waals surface area (Å²) in [5, 5.41) is 15.3. The lowest BCUT2D eigenvalue weighted by Gasteiger charge is -2.19. The van der Waals surface area contributed by atoms with Gasteiger partial charge in [0.25, 0.3) is 5.95 Å². The van der Waals surface area contributed by atoms with Crippen molar-refractivity contribution in [3.8, 4) is 23.5 Å². The zero-order valence-corrected chi connectivity index (χ0v) is 31.2. The molecule has 2 aromatic heterocycles. The normalized spacial score (nSPS) is 11.3. The Morgan fingerprint density at radius 1 is 0.945 bits per heavy atom. The van der Waals surface area contributed by atoms with Crippen LogP contribution < -0.4 is 19.5 Å². The van der Waals surface area contributed by atoms with Crippen LogP contribution >= 0.6 is 0 Å². The highest BCUT2D eigenvalue weighted by atomic mass is 19.1. The number of aromatic nitrogens is 5. The molecule has 0 spiro atoms. The summed E-state index contributed by atoms with van der Waals surface area (Å²) in [5.74, 6) is -2.21. The molecule has 1 amide bonds. The van der Waals surface area contributed by atoms with Gasteiger partial charge in [0, 0.05) is 36.5 Å². The molecule has 17 nitrogen and oxygen atoms in total. The molecule has 1 atom stereocenters. The quantitative estimate of drug-likeness (QED) is 0.0295. The zero-order valence-electron chi connectivity index (χ0n) is 31.2. The Bertz CT molecular complexity index is 1890. The van der Waals surface area contributed by atoms with Crippen LogP contribution in [-0.2, 0) is 30.2 Å². The second-order valence-electron chi connectivity index (χ2n) is 11.7. The number of alkyl carbamates (subject to hydrolysis) is 1. The van der Waals surface area contributed by atoms with Crippen molar-refractivity contribution < 1.29 is 51.9 Å². The van der Waals surface area contributed by atoms with E-state index in [-0.39, 0.29) is 73.0 Å². The third-order valence-corrected chi connectivity index (χ3v) is 7.83. The highest BCUT2D eigenvalue weighted by Crippen LogP contribution is 2.37. The zero-order chi connectivity index (χ0) is 39.7. The molecule has 0 aliphatic heterocycles. The van der Waals surface area contributed by atoms with Gasteiger partial charge in [-0.25, -0.2) is 23.9 Å². The second-order valence-corrected chi connectivity index (χ2v) is 11.7. The Labute approximate surface area is 316 Å². The molecule has 55 heavy (non-hydrogen) atoms. The summed E-state index contributed by atoms with van der Waals surface area (Å²) >= 11 is 0. The van der Waals surface area contributed by atoms with Crippen LogP contribution in [0.1, 0.15) is 75.4 Å². The number of carbonyl (C=O) groups is 3. The molecule has 2 N–H and O–H groups in total. The minimum absolute atomic E-state index is 0.0530. The SMILES string of the molecule is CCCOC(=O)NC(=N)c1ccc(C[C@@H](c2nc(OCOC(=O)OC(CC)CC)n(-c3ncccn3)n2)c2cc(OC)cc(OCCOC(C)=O)c2F)cc1. The van der Waals surface area contributed by atoms with Gasteiger partial charge in [0.05, 0.1) is 19.6 Å². The van der Waals surface area contributed by atoms with E-state index in [2.05, 4.69) is 25.4 Å². The summed E-state index contributed by atoms with van der Waals surface area (Å²) in [7, 11) is 1.41. The minimum atomic E-state index is -0.952. The first-order valence-corrected chi connectivity index (χ1v) is 17.5. The lowest BCUT2D eigenvalue weighted by Crippen LogP contribution is -2.31. The van der Waals surface area contributed by atoms with Crippen LogP contribution in [-0.4, -0.2) is 88.6 Å². The lowest BCUT2D eigenvalue weighted by atomic mass is 9.90. The average molecular weight is 766 g/mol. The van der Waals surface area contributed by atoms with E-state index in [9.17, 15) is 14.4 Å². The van der Waals surface area contributed by atoms with Crippen LogP contribution in [0.3, 0.4) is 0 Å². The molecule has 4 aromatic rings. The molecule has 0 unspecified atom stereocenters. The van der Waals surface area contributed by atoms with E-state index < -0.39 is 36.7 Å². The summed E-state index contributed by atoms with van der Waals surface area (Å²) in [4.78, 5) is 48.7. The van der Waals surface area contributed by atoms with Gasteiger partial charge in [0.15, 0.2) is 17.4 Å². The largest absolute Gasteiger partial charge is 0.511 e. The Morgan fingerprint density at radius 3 is 2.33 bits per heavy atom. The Balaban J connectivity index is 1.73. The predicted molar refractivity (Wildman–Crippen MR) is 193 cm³/mol. The molecule has 0 bridgehead atoms. The van der Waals surface area contributed by atoms with Crippen molar-refractivity contribution >= 4 is 24.1 Å². The van der Waals surface area contributed by atoms with Gasteiger partial charge in [0.2, 0.25) is 6.79 Å². The Hall–Kier alpha value is -6.33. The molecule has 0 saturated carbocycles. The van der Waals surface area contributed by atoms with Crippen LogP contribution in [0.5, 0.6) is 17.5 Å². The summed E-state index contributed by atoms with van der Waals surface area (Å²) < 4.78 is 55.0. The van der Waals surface area contributed by atoms with E-state index in [1.54, 1.807) is 30.3 Å². The number of hydrogen-bond acceptors (Lipinski definition) is 15. The van der Waals surface area contributed by atoms with Crippen molar-refractivity contribution in [2.45, 2.75) is 65.4 Å². The number of ether oxygens (including phenoxy) is 7. The summed E-state index contributed by atoms with van der Waals surface area (Å²) in [6.07, 6.45) is 2.89. The number of methoxy groups -OCH3 is 1. The van der Waals surface area contributed by atoms with Gasteiger partial charge in [-0.05, 0) is 43.4 Å². The minimum Gasteiger partial charge on any atom is -0.497 e. The third-order valence-electron chi connectivity index (χ3n) is 7.83. The first-order valence-electron chi connectivity index (χ1n) is 17.5. The Kier molecular flexibility index (Phi) is 15.7. The molecule has 0 radical (unpaired) electrons. The number of carbonyl (C=O) groups excluding carboxylic acids is 3. The lowest BCUT2D eigenvalue weighted by molar-refractivity contribution is -0.141. The summed E-state index contributed by atoms with van der Waals surface area (Å²) in [6, 6.07) is 10.9. The van der Waals surface area contributed by atoms with Gasteiger partial charge < -0.3 is 33.2 Å². The number of nitrogens with zero attached hydrogens (tertiary/aromatic N) is 5. The fraction of sp³-hybridized carbons (Fsp3) is 0.405. The van der Waals surface area contributed by atoms with Crippen molar-refractivity contribution in [1.82, 2.24) is 30.0 Å². The fourth-order valence-corrected chi connectivity index (χ4v) is 5.04. The number of amides is 1. The second kappa shape index (κ2) is 20.8. The van der Waals surface area contributed by atoms with Crippen molar-refractivity contribution in [2.75, 3.05) is 33.7 Å². The molecular formula is C37H44FN7O10. The van der Waals surface area contributed by atoms with Crippen molar-refractivity contribution in [1.29, 1.82) is 5.41 Å². The van der Waals surface area contributed by atoms with Gasteiger partial charge in [-0.2, -0.15) is 4.98 Å². The first kappa shape index (κ1) is 41.4. The maximum absolute atomic E-state index is 16.5. The van der Waals surface area contributed by atoms with Gasteiger partial charge in [-0.3, -0.25) is 15.5 Å². The standard InChI is InChI=1S/C37H44FN7O10/c1-6-16-52-36(47)42-32(39)25-12-10-24(11-13-25)19-29(28-20-27(49-5)21-30(31(28)38)51-18-17-50-23(4)46)33-43-35(45(44-33)34-40-14-9-15-41-34)53-22-54-37(48)55-26(7-2)8-3/h9-15,20-21,26,29H,6-8,16-19,22H2,1-5H3,(H2,39,42,47)/t29-/m1/s1. The monoisotopic (exact) mass is 765 g/mol. The van der Waals surface area contributed by atoms with Crippen LogP contribution in [0.4, 0.5) is 14.0 Å². The highest BCUT2D eigenvalue weighted by molar-refractivity contribution is 6.04. The number of hydrogen-bond donors (Lipinski definition) is 2. The Morgan fingerprint density at radius 2 is 1.67 bits per heavy atom. The maximum Gasteiger partial charge on any atom is 0.511 e. The van der Waals surface area contributed by atoms with E-state index in [0.717, 1.165) is 0 Å². The number of nitrogens with one attached hydrogen (secondary N) is 2. The highest BCUT2D eigenvalue weighted by Gasteiger charge is 2.29. The van der Waals surface area contributed by atoms with Crippen LogP contribution in [0.2, 0.25) is 0 Å². The summed E-state index contributed by atoms with van der Waals surface area (Å²) in [6.45, 7) is 6.22. The maximum atomic E-state index is 16.5. The van der Waals surface area contributed by atoms with E-state index >= 15 is 4.39 Å². The number of rotatable bonds is 19. The van der Waals surface area contributed by atoms with Crippen LogP contribution in [0, 0.1) is 11.2 Å². The molecule has 0 aliphatic rings. The van der Waals surface area contributed by atoms with E-state index in [1.807, 2.05) is 20.8 Å². The van der Waals surface area contributed by atoms with Crippen molar-refractivity contribution in [3.63, 3.8) is 0 Å². The summed E-state index contributed by atoms with van der Waals surface area (Å²) in [5.41, 5.74) is 1.13. The smallest absolute Gasteiger partial charge is 0.497 e. The first-order chi connectivity index (χ1) is 26.6. The fourth-order valence-electron chi connectivity index (χ4n) is 5.04. The molecule has 4 rings (SSSR count). The van der Waals surface area contributed by atoms with Crippen LogP contribution in [0.25, 0.3) is 5.95 Å². The van der Waals surface area contributed by atoms with Gasteiger partial charge >= 0.3 is 24.2 Å². The van der Waals surface area contributed by atoms with Crippen molar-refractivity contribution in [3.05, 3.63) is 83.2 Å². The van der Waals surface area contributed by atoms with Crippen LogP contribution in [0.15, 0.2) is 54.9 Å². The molecule has 0 aliphatic carbocycles. The molecule has 294 valence electrons. The van der Waals surface area contributed by atoms with Gasteiger partial charge in [-0.1, -0.05) is 45.0 Å². The number of halogens is 1. The number of amidine groups is 1. The third kappa shape index (κ3) is 12.1. The van der Waals surface area contributed by atoms with Gasteiger partial charge in [0.1, 0.15) is 30.9 Å². The molecular weight excluding hydrogens is 721 g/mol. The number of esters is 1. The topological polar surface area (TPSA) is 208 Å². The predicted octanol–water partition coefficient (Wildman–Crippen LogP) is 5.66. The molecule has 18 heteroatoms. The average Bonchev–Trinajstić information content (AvgIpc) is 3.61. The van der Waals surface area contributed by atoms with E-state index in [1.165, 1.54) is 43.2 Å². The molecule has 0 fully saturated rings. The molecule has 2 heterocycles.